The lowest BCUT2D eigenvalue weighted by Crippen LogP contribution is -2.72. The molecule has 0 aromatic heterocycles. The highest BCUT2D eigenvalue weighted by Gasteiger charge is 2.86. The van der Waals surface area contributed by atoms with E-state index >= 15 is 0 Å². The van der Waals surface area contributed by atoms with Crippen molar-refractivity contribution in [1.82, 2.24) is 4.90 Å². The quantitative estimate of drug-likeness (QED) is 0.730. The maximum atomic E-state index is 11.6. The minimum absolute atomic E-state index is 0.000440. The monoisotopic (exact) mass is 373 g/mol. The number of aliphatic hydroxyl groups is 2. The van der Waals surface area contributed by atoms with Gasteiger partial charge in [0, 0.05) is 42.4 Å². The molecule has 7 aliphatic rings. The summed E-state index contributed by atoms with van der Waals surface area (Å²) in [5, 5.41) is 23.1. The van der Waals surface area contributed by atoms with Crippen molar-refractivity contribution in [2.45, 2.75) is 70.3 Å². The van der Waals surface area contributed by atoms with Crippen molar-refractivity contribution in [1.29, 1.82) is 0 Å². The molecule has 4 unspecified atom stereocenters. The van der Waals surface area contributed by atoms with Crippen LogP contribution < -0.4 is 0 Å². The van der Waals surface area contributed by atoms with Gasteiger partial charge >= 0.3 is 0 Å². The van der Waals surface area contributed by atoms with E-state index in [1.165, 1.54) is 19.4 Å². The molecule has 1 saturated heterocycles. The number of likely N-dealkylation sites (tertiary alicyclic amines) is 1. The average Bonchev–Trinajstić information content (AvgIpc) is 3.08. The molecule has 0 radical (unpaired) electrons. The SMILES string of the molecule is C=C1[C@@H]2CCC3([C@@H]4C[C@H]5C6(C)CCC(OC)C5([C@@H]3[C@H]2O)[C@@H]4N(CC)C6)[C@H]1O. The van der Waals surface area contributed by atoms with Crippen LogP contribution in [0.2, 0.25) is 0 Å². The first kappa shape index (κ1) is 17.4. The topological polar surface area (TPSA) is 52.9 Å². The Bertz CT molecular complexity index is 710. The zero-order chi connectivity index (χ0) is 18.9. The van der Waals surface area contributed by atoms with Crippen LogP contribution in [0.4, 0.5) is 0 Å². The molecule has 1 heterocycles. The van der Waals surface area contributed by atoms with E-state index in [9.17, 15) is 10.2 Å². The molecule has 0 amide bonds. The summed E-state index contributed by atoms with van der Waals surface area (Å²) >= 11 is 0. The first-order chi connectivity index (χ1) is 12.9. The van der Waals surface area contributed by atoms with Crippen molar-refractivity contribution in [3.05, 3.63) is 12.2 Å². The van der Waals surface area contributed by atoms with Crippen molar-refractivity contribution >= 4 is 0 Å². The predicted molar refractivity (Wildman–Crippen MR) is 103 cm³/mol. The summed E-state index contributed by atoms with van der Waals surface area (Å²) in [5.74, 6) is 1.32. The number of piperidine rings is 1. The van der Waals surface area contributed by atoms with Gasteiger partial charge in [0.1, 0.15) is 0 Å². The third-order valence-corrected chi connectivity index (χ3v) is 10.8. The zero-order valence-electron chi connectivity index (χ0n) is 17.0. The Labute approximate surface area is 163 Å². The molecule has 150 valence electrons. The van der Waals surface area contributed by atoms with Gasteiger partial charge in [-0.05, 0) is 61.5 Å². The smallest absolute Gasteiger partial charge is 0.0814 e. The van der Waals surface area contributed by atoms with E-state index in [4.69, 9.17) is 4.74 Å². The van der Waals surface area contributed by atoms with E-state index in [0.29, 0.717) is 23.3 Å². The van der Waals surface area contributed by atoms with Crippen LogP contribution in [-0.2, 0) is 4.74 Å². The molecule has 7 bridgehead atoms. The van der Waals surface area contributed by atoms with E-state index in [1.807, 2.05) is 7.11 Å². The van der Waals surface area contributed by atoms with Gasteiger partial charge in [-0.3, -0.25) is 4.90 Å². The van der Waals surface area contributed by atoms with Crippen LogP contribution in [0.3, 0.4) is 0 Å². The number of aliphatic hydroxyl groups excluding tert-OH is 2. The molecule has 11 atom stereocenters. The van der Waals surface area contributed by atoms with Crippen molar-refractivity contribution < 1.29 is 14.9 Å². The second-order valence-electron chi connectivity index (χ2n) is 11.0. The Morgan fingerprint density at radius 3 is 2.74 bits per heavy atom. The third kappa shape index (κ3) is 1.52. The summed E-state index contributed by atoms with van der Waals surface area (Å²) in [6.45, 7) is 11.3. The van der Waals surface area contributed by atoms with Crippen molar-refractivity contribution in [2.24, 2.45) is 39.9 Å². The molecule has 2 N–H and O–H groups in total. The van der Waals surface area contributed by atoms with Crippen LogP contribution in [0.5, 0.6) is 0 Å². The normalized spacial score (nSPS) is 63.5. The van der Waals surface area contributed by atoms with Crippen molar-refractivity contribution in [3.63, 3.8) is 0 Å². The number of methoxy groups -OCH3 is 1. The predicted octanol–water partition coefficient (Wildman–Crippen LogP) is 2.45. The van der Waals surface area contributed by atoms with E-state index in [2.05, 4.69) is 25.3 Å². The lowest BCUT2D eigenvalue weighted by molar-refractivity contribution is -0.260. The average molecular weight is 374 g/mol. The highest BCUT2D eigenvalue weighted by molar-refractivity contribution is 5.39. The Morgan fingerprint density at radius 2 is 2.04 bits per heavy atom. The van der Waals surface area contributed by atoms with Crippen LogP contribution in [0.15, 0.2) is 12.2 Å². The fourth-order valence-corrected chi connectivity index (χ4v) is 10.3. The van der Waals surface area contributed by atoms with Gasteiger partial charge in [0.2, 0.25) is 0 Å². The number of rotatable bonds is 2. The van der Waals surface area contributed by atoms with Crippen LogP contribution >= 0.6 is 0 Å². The minimum atomic E-state index is -0.444. The molecule has 0 aromatic rings. The molecule has 0 aromatic carbocycles. The summed E-state index contributed by atoms with van der Waals surface area (Å²) in [6, 6.07) is 0.449. The fraction of sp³-hybridized carbons (Fsp3) is 0.913. The molecule has 2 spiro atoms. The molecule has 4 nitrogen and oxygen atoms in total. The maximum Gasteiger partial charge on any atom is 0.0814 e. The van der Waals surface area contributed by atoms with Crippen LogP contribution in [-0.4, -0.2) is 59.7 Å². The number of hydrogen-bond donors (Lipinski definition) is 2. The molecule has 7 fully saturated rings. The minimum Gasteiger partial charge on any atom is -0.392 e. The van der Waals surface area contributed by atoms with Gasteiger partial charge in [0.15, 0.2) is 0 Å². The standard InChI is InChI=1S/C23H35NO3/c1-5-24-11-21(3)8-7-16(27-4)23-15(21)10-14(19(23)24)22-9-6-13(12(2)20(22)26)17(25)18(22)23/h13-20,25-26H,2,5-11H2,1,3-4H3/t13-,14+,15-,16?,17-,18+,19+,20-,21?,22?,23?/m0/s1. The van der Waals surface area contributed by atoms with Gasteiger partial charge in [-0.15, -0.1) is 0 Å². The van der Waals surface area contributed by atoms with E-state index in [-0.39, 0.29) is 34.9 Å². The summed E-state index contributed by atoms with van der Waals surface area (Å²) in [7, 11) is 1.88. The maximum absolute atomic E-state index is 11.6. The van der Waals surface area contributed by atoms with Gasteiger partial charge in [-0.1, -0.05) is 20.4 Å². The first-order valence-electron chi connectivity index (χ1n) is 11.2. The summed E-state index contributed by atoms with van der Waals surface area (Å²) in [5.41, 5.74) is 1.05. The molecular formula is C23H35NO3. The Morgan fingerprint density at radius 1 is 1.26 bits per heavy atom. The lowest BCUT2D eigenvalue weighted by Gasteiger charge is -2.69. The zero-order valence-corrected chi connectivity index (χ0v) is 17.0. The lowest BCUT2D eigenvalue weighted by atomic mass is 9.38. The number of fused-ring (bicyclic) bond motifs is 2. The van der Waals surface area contributed by atoms with Crippen molar-refractivity contribution in [3.8, 4) is 0 Å². The Hall–Kier alpha value is -0.420. The second kappa shape index (κ2) is 5.00. The van der Waals surface area contributed by atoms with Crippen LogP contribution in [0.1, 0.15) is 46.0 Å². The van der Waals surface area contributed by atoms with Crippen LogP contribution in [0.25, 0.3) is 0 Å². The first-order valence-corrected chi connectivity index (χ1v) is 11.2. The summed E-state index contributed by atoms with van der Waals surface area (Å²) in [6.07, 6.45) is 4.99. The Balaban J connectivity index is 1.63. The number of nitrogens with zero attached hydrogens (tertiary/aromatic N) is 1. The third-order valence-electron chi connectivity index (χ3n) is 10.8. The molecular weight excluding hydrogens is 338 g/mol. The summed E-state index contributed by atoms with van der Waals surface area (Å²) in [4.78, 5) is 2.72. The van der Waals surface area contributed by atoms with Gasteiger partial charge in [-0.2, -0.15) is 0 Å². The molecule has 4 heteroatoms. The fourth-order valence-electron chi connectivity index (χ4n) is 10.3. The second-order valence-corrected chi connectivity index (χ2v) is 11.0. The van der Waals surface area contributed by atoms with Crippen LogP contribution in [0, 0.1) is 39.9 Å². The number of ether oxygens (including phenoxy) is 1. The molecule has 27 heavy (non-hydrogen) atoms. The van der Waals surface area contributed by atoms with Gasteiger partial charge in [0.25, 0.3) is 0 Å². The van der Waals surface area contributed by atoms with E-state index < -0.39 is 6.10 Å². The highest BCUT2D eigenvalue weighted by Crippen LogP contribution is 2.83. The highest BCUT2D eigenvalue weighted by atomic mass is 16.5. The molecule has 6 saturated carbocycles. The summed E-state index contributed by atoms with van der Waals surface area (Å²) < 4.78 is 6.24. The largest absolute Gasteiger partial charge is 0.392 e. The molecule has 6 aliphatic carbocycles. The van der Waals surface area contributed by atoms with Crippen molar-refractivity contribution in [2.75, 3.05) is 20.2 Å². The molecule has 1 aliphatic heterocycles. The van der Waals surface area contributed by atoms with E-state index in [0.717, 1.165) is 31.4 Å². The van der Waals surface area contributed by atoms with Gasteiger partial charge < -0.3 is 14.9 Å². The van der Waals surface area contributed by atoms with Gasteiger partial charge in [-0.25, -0.2) is 0 Å². The number of hydrogen-bond acceptors (Lipinski definition) is 4. The van der Waals surface area contributed by atoms with E-state index in [1.54, 1.807) is 0 Å². The Kier molecular flexibility index (Phi) is 3.23. The van der Waals surface area contributed by atoms with Gasteiger partial charge in [0.05, 0.1) is 18.3 Å². The molecule has 7 rings (SSSR count).